The molecule has 0 aromatic rings. The summed E-state index contributed by atoms with van der Waals surface area (Å²) in [6, 6.07) is 0.611. The van der Waals surface area contributed by atoms with Crippen molar-refractivity contribution in [1.82, 2.24) is 15.5 Å². The molecular weight excluding hydrogens is 166 g/mol. The lowest BCUT2D eigenvalue weighted by atomic mass is 10.0. The van der Waals surface area contributed by atoms with Gasteiger partial charge in [-0.05, 0) is 32.4 Å². The molecule has 2 saturated heterocycles. The zero-order valence-corrected chi connectivity index (χ0v) is 7.88. The first kappa shape index (κ1) is 8.81. The maximum absolute atomic E-state index is 11.5. The van der Waals surface area contributed by atoms with Crippen LogP contribution in [0.1, 0.15) is 19.3 Å². The Labute approximate surface area is 78.7 Å². The van der Waals surface area contributed by atoms with Crippen LogP contribution < -0.4 is 10.6 Å². The first-order valence-electron chi connectivity index (χ1n) is 5.13. The number of hydrogen-bond donors (Lipinski definition) is 2. The van der Waals surface area contributed by atoms with E-state index in [0.29, 0.717) is 6.04 Å². The average molecular weight is 183 g/mol. The van der Waals surface area contributed by atoms with Gasteiger partial charge in [-0.2, -0.15) is 0 Å². The van der Waals surface area contributed by atoms with Crippen LogP contribution in [-0.4, -0.2) is 43.2 Å². The van der Waals surface area contributed by atoms with Crippen LogP contribution in [0.25, 0.3) is 0 Å². The van der Waals surface area contributed by atoms with Gasteiger partial charge in [0.05, 0.1) is 0 Å². The molecule has 2 amide bonds. The monoisotopic (exact) mass is 183 g/mol. The van der Waals surface area contributed by atoms with Crippen molar-refractivity contribution in [3.05, 3.63) is 0 Å². The standard InChI is InChI=1S/C9H17N3O/c13-9-11-4-1-7-12(9)8-2-5-10-6-3-8/h8,10H,1-7H2,(H,11,13). The molecule has 0 aromatic heterocycles. The third-order valence-electron chi connectivity index (χ3n) is 2.86. The van der Waals surface area contributed by atoms with Crippen LogP contribution in [-0.2, 0) is 0 Å². The minimum atomic E-state index is 0.137. The highest BCUT2D eigenvalue weighted by atomic mass is 16.2. The predicted molar refractivity (Wildman–Crippen MR) is 50.6 cm³/mol. The van der Waals surface area contributed by atoms with Crippen molar-refractivity contribution in [2.24, 2.45) is 0 Å². The Balaban J connectivity index is 1.92. The zero-order valence-electron chi connectivity index (χ0n) is 7.88. The second kappa shape index (κ2) is 3.96. The molecule has 4 heteroatoms. The molecule has 0 bridgehead atoms. The Morgan fingerprint density at radius 3 is 2.69 bits per heavy atom. The third kappa shape index (κ3) is 1.94. The van der Waals surface area contributed by atoms with Crippen molar-refractivity contribution in [3.63, 3.8) is 0 Å². The van der Waals surface area contributed by atoms with E-state index < -0.39 is 0 Å². The topological polar surface area (TPSA) is 44.4 Å². The van der Waals surface area contributed by atoms with Crippen molar-refractivity contribution in [3.8, 4) is 0 Å². The fourth-order valence-electron chi connectivity index (χ4n) is 2.11. The number of nitrogens with one attached hydrogen (secondary N) is 2. The van der Waals surface area contributed by atoms with Gasteiger partial charge < -0.3 is 15.5 Å². The average Bonchev–Trinajstić information content (AvgIpc) is 2.20. The molecule has 2 aliphatic heterocycles. The van der Waals surface area contributed by atoms with Gasteiger partial charge in [-0.3, -0.25) is 0 Å². The van der Waals surface area contributed by atoms with Crippen molar-refractivity contribution in [2.45, 2.75) is 25.3 Å². The SMILES string of the molecule is O=C1NCCCN1C1CCNCC1. The van der Waals surface area contributed by atoms with Gasteiger partial charge in [0, 0.05) is 19.1 Å². The van der Waals surface area contributed by atoms with E-state index in [1.807, 2.05) is 4.90 Å². The lowest BCUT2D eigenvalue weighted by Crippen LogP contribution is -2.53. The van der Waals surface area contributed by atoms with E-state index in [-0.39, 0.29) is 6.03 Å². The highest BCUT2D eigenvalue weighted by Crippen LogP contribution is 2.14. The number of carbonyl (C=O) groups is 1. The van der Waals surface area contributed by atoms with Crippen molar-refractivity contribution < 1.29 is 4.79 Å². The van der Waals surface area contributed by atoms with Gasteiger partial charge in [0.15, 0.2) is 0 Å². The minimum absolute atomic E-state index is 0.137. The Morgan fingerprint density at radius 1 is 1.23 bits per heavy atom. The summed E-state index contributed by atoms with van der Waals surface area (Å²) in [5, 5.41) is 6.21. The number of rotatable bonds is 1. The fourth-order valence-corrected chi connectivity index (χ4v) is 2.11. The summed E-state index contributed by atoms with van der Waals surface area (Å²) in [5.41, 5.74) is 0. The van der Waals surface area contributed by atoms with E-state index in [1.54, 1.807) is 0 Å². The van der Waals surface area contributed by atoms with Gasteiger partial charge in [0.1, 0.15) is 0 Å². The Morgan fingerprint density at radius 2 is 2.00 bits per heavy atom. The summed E-state index contributed by atoms with van der Waals surface area (Å²) in [6.07, 6.45) is 3.30. The number of carbonyl (C=O) groups excluding carboxylic acids is 1. The van der Waals surface area contributed by atoms with Crippen LogP contribution in [0.5, 0.6) is 0 Å². The van der Waals surface area contributed by atoms with Crippen LogP contribution in [0, 0.1) is 0 Å². The first-order chi connectivity index (χ1) is 6.38. The number of piperidine rings is 1. The molecule has 2 fully saturated rings. The Bertz CT molecular complexity index is 189. The molecule has 0 spiro atoms. The molecule has 13 heavy (non-hydrogen) atoms. The molecule has 0 radical (unpaired) electrons. The second-order valence-electron chi connectivity index (χ2n) is 3.76. The number of hydrogen-bond acceptors (Lipinski definition) is 2. The molecule has 2 rings (SSSR count). The molecule has 74 valence electrons. The van der Waals surface area contributed by atoms with Gasteiger partial charge in [-0.25, -0.2) is 4.79 Å². The van der Waals surface area contributed by atoms with Crippen LogP contribution in [0.4, 0.5) is 4.79 Å². The molecule has 0 unspecified atom stereocenters. The summed E-state index contributed by atoms with van der Waals surface area (Å²) in [5.74, 6) is 0. The van der Waals surface area contributed by atoms with E-state index in [1.165, 1.54) is 0 Å². The molecule has 2 aliphatic rings. The summed E-state index contributed by atoms with van der Waals surface area (Å²) in [7, 11) is 0. The number of urea groups is 1. The van der Waals surface area contributed by atoms with Crippen LogP contribution in [0.3, 0.4) is 0 Å². The Kier molecular flexibility index (Phi) is 2.68. The third-order valence-corrected chi connectivity index (χ3v) is 2.86. The summed E-state index contributed by atoms with van der Waals surface area (Å²) in [4.78, 5) is 13.5. The quantitative estimate of drug-likeness (QED) is 0.608. The van der Waals surface area contributed by atoms with E-state index in [0.717, 1.165) is 45.4 Å². The maximum Gasteiger partial charge on any atom is 0.317 e. The molecular formula is C9H17N3O. The lowest BCUT2D eigenvalue weighted by molar-refractivity contribution is 0.146. The molecule has 0 saturated carbocycles. The highest BCUT2D eigenvalue weighted by molar-refractivity contribution is 5.75. The van der Waals surface area contributed by atoms with E-state index >= 15 is 0 Å². The van der Waals surface area contributed by atoms with Gasteiger partial charge in [0.2, 0.25) is 0 Å². The van der Waals surface area contributed by atoms with Crippen molar-refractivity contribution in [1.29, 1.82) is 0 Å². The van der Waals surface area contributed by atoms with Gasteiger partial charge >= 0.3 is 6.03 Å². The van der Waals surface area contributed by atoms with E-state index in [9.17, 15) is 4.79 Å². The van der Waals surface area contributed by atoms with Crippen LogP contribution in [0.15, 0.2) is 0 Å². The molecule has 2 heterocycles. The van der Waals surface area contributed by atoms with Crippen LogP contribution >= 0.6 is 0 Å². The minimum Gasteiger partial charge on any atom is -0.338 e. The number of nitrogens with zero attached hydrogens (tertiary/aromatic N) is 1. The van der Waals surface area contributed by atoms with Crippen molar-refractivity contribution >= 4 is 6.03 Å². The molecule has 0 aliphatic carbocycles. The zero-order chi connectivity index (χ0) is 9.10. The van der Waals surface area contributed by atoms with Crippen molar-refractivity contribution in [2.75, 3.05) is 26.2 Å². The molecule has 2 N–H and O–H groups in total. The summed E-state index contributed by atoms with van der Waals surface area (Å²) >= 11 is 0. The molecule has 0 atom stereocenters. The largest absolute Gasteiger partial charge is 0.338 e. The van der Waals surface area contributed by atoms with E-state index in [4.69, 9.17) is 0 Å². The fraction of sp³-hybridized carbons (Fsp3) is 0.889. The van der Waals surface area contributed by atoms with Gasteiger partial charge in [-0.1, -0.05) is 0 Å². The lowest BCUT2D eigenvalue weighted by Gasteiger charge is -2.37. The molecule has 0 aromatic carbocycles. The summed E-state index contributed by atoms with van der Waals surface area (Å²) in [6.45, 7) is 3.89. The molecule has 4 nitrogen and oxygen atoms in total. The summed E-state index contributed by atoms with van der Waals surface area (Å²) < 4.78 is 0. The first-order valence-corrected chi connectivity index (χ1v) is 5.13. The van der Waals surface area contributed by atoms with Crippen LogP contribution in [0.2, 0.25) is 0 Å². The maximum atomic E-state index is 11.5. The van der Waals surface area contributed by atoms with E-state index in [2.05, 4.69) is 10.6 Å². The number of amides is 2. The predicted octanol–water partition coefficient (Wildman–Crippen LogP) is 0.154. The Hall–Kier alpha value is -0.770. The van der Waals surface area contributed by atoms with Gasteiger partial charge in [0.25, 0.3) is 0 Å². The van der Waals surface area contributed by atoms with Gasteiger partial charge in [-0.15, -0.1) is 0 Å². The normalized spacial score (nSPS) is 25.8. The second-order valence-corrected chi connectivity index (χ2v) is 3.76. The highest BCUT2D eigenvalue weighted by Gasteiger charge is 2.26. The smallest absolute Gasteiger partial charge is 0.317 e.